The molecule has 1 N–H and O–H groups in total. The molecule has 0 aromatic rings. The van der Waals surface area contributed by atoms with E-state index in [2.05, 4.69) is 0 Å². The van der Waals surface area contributed by atoms with E-state index < -0.39 is 10.2 Å². The summed E-state index contributed by atoms with van der Waals surface area (Å²) in [4.78, 5) is 0. The minimum atomic E-state index is -4.69. The van der Waals surface area contributed by atoms with Gasteiger partial charge in [0.25, 0.3) is 0 Å². The molecule has 0 unspecified atom stereocenters. The molecule has 0 aromatic heterocycles. The van der Waals surface area contributed by atoms with Crippen molar-refractivity contribution in [2.75, 3.05) is 0 Å². The van der Waals surface area contributed by atoms with Crippen LogP contribution in [0.25, 0.3) is 0 Å². The monoisotopic (exact) mass is 188 g/mol. The zero-order valence-electron chi connectivity index (χ0n) is 2.87. The normalized spacial score (nSPS) is 8.57. The zero-order chi connectivity index (χ0) is 4.50. The summed E-state index contributed by atoms with van der Waals surface area (Å²) in [6, 6.07) is 0. The molecule has 46 valence electrons. The molecule has 0 radical (unpaired) electrons. The van der Waals surface area contributed by atoms with Crippen LogP contribution in [0.2, 0.25) is 0 Å². The first-order chi connectivity index (χ1) is 2.00. The van der Waals surface area contributed by atoms with E-state index in [1.54, 1.807) is 0 Å². The summed E-state index contributed by atoms with van der Waals surface area (Å²) in [6.45, 7) is 0. The van der Waals surface area contributed by atoms with E-state index in [0.29, 0.717) is 0 Å². The van der Waals surface area contributed by atoms with Crippen molar-refractivity contribution in [3.8, 4) is 0 Å². The Labute approximate surface area is 59.0 Å². The summed E-state index contributed by atoms with van der Waals surface area (Å²) in [5.41, 5.74) is 0. The third kappa shape index (κ3) is 188. The second kappa shape index (κ2) is 5.10. The van der Waals surface area contributed by atoms with E-state index in [4.69, 9.17) is 18.6 Å². The van der Waals surface area contributed by atoms with Crippen LogP contribution >= 0.6 is 12.4 Å². The molecule has 0 saturated carbocycles. The first-order valence-electron chi connectivity index (χ1n) is 0.632. The third-order valence-electron chi connectivity index (χ3n) is 0. The topological polar surface area (TPSA) is 89.4 Å². The zero-order valence-corrected chi connectivity index (χ0v) is 5.71. The smallest absolute Gasteiger partial charge is 0.0777 e. The van der Waals surface area contributed by atoms with Gasteiger partial charge in [-0.25, -0.2) is 0 Å². The molecule has 0 heterocycles. The molecule has 0 spiro atoms. The predicted octanol–water partition coefficient (Wildman–Crippen LogP) is -3.70. The van der Waals surface area contributed by atoms with Gasteiger partial charge in [0, 0.05) is 17.4 Å². The molecular weight excluding hydrogens is 187 g/mol. The minimum absolute atomic E-state index is 0. The fourth-order valence-corrected chi connectivity index (χ4v) is 0. The van der Waals surface area contributed by atoms with Gasteiger partial charge in [-0.05, 0) is 0 Å². The molecule has 0 atom stereocenters. The van der Waals surface area contributed by atoms with E-state index in [0.717, 1.165) is 0 Å². The molecule has 0 bridgehead atoms. The maximum atomic E-state index is 8.60. The van der Waals surface area contributed by atoms with E-state index in [-0.39, 0.29) is 29.8 Å². The Bertz CT molecular complexity index is 25.2. The van der Waals surface area contributed by atoms with Gasteiger partial charge in [-0.15, -0.1) is 12.4 Å². The summed E-state index contributed by atoms with van der Waals surface area (Å²) in [7, 11) is -4.69. The van der Waals surface area contributed by atoms with Crippen LogP contribution in [0, 0.1) is 10.2 Å². The van der Waals surface area contributed by atoms with Gasteiger partial charge < -0.3 is 0 Å². The van der Waals surface area contributed by atoms with Crippen LogP contribution in [-0.2, 0) is 17.4 Å². The second-order valence-electron chi connectivity index (χ2n) is 0.396. The van der Waals surface area contributed by atoms with E-state index in [1.165, 1.54) is 0 Å². The number of hydrogen-bond acceptors (Lipinski definition) is 4. The molecule has 0 saturated heterocycles. The molecule has 0 aliphatic carbocycles. The minimum Gasteiger partial charge on any atom is -0.183 e. The van der Waals surface area contributed by atoms with Crippen molar-refractivity contribution in [3.05, 3.63) is 0 Å². The van der Waals surface area contributed by atoms with Crippen LogP contribution < -0.4 is 14.0 Å². The molecular formula is H2Cl2CrO4. The molecule has 0 aliphatic heterocycles. The Hall–Kier alpha value is 0.952. The van der Waals surface area contributed by atoms with Crippen LogP contribution in [0.4, 0.5) is 0 Å². The summed E-state index contributed by atoms with van der Waals surface area (Å²) < 4.78 is 32.7. The van der Waals surface area contributed by atoms with Crippen molar-refractivity contribution in [1.82, 2.24) is 0 Å². The van der Waals surface area contributed by atoms with E-state index in [9.17, 15) is 0 Å². The van der Waals surface area contributed by atoms with Crippen LogP contribution in [-0.4, -0.2) is 4.66 Å². The van der Waals surface area contributed by atoms with Gasteiger partial charge in [0.2, 0.25) is 0 Å². The fraction of sp³-hybridized carbons (Fsp3) is 0. The van der Waals surface area contributed by atoms with Crippen molar-refractivity contribution in [2.24, 2.45) is 0 Å². The van der Waals surface area contributed by atoms with Gasteiger partial charge in [0.1, 0.15) is 0 Å². The molecule has 0 aliphatic rings. The molecule has 7 heavy (non-hydrogen) atoms. The Balaban J connectivity index is -0.0000000800. The van der Waals surface area contributed by atoms with Crippen molar-refractivity contribution in [3.63, 3.8) is 0 Å². The third-order valence-corrected chi connectivity index (χ3v) is 0. The molecule has 0 fully saturated rings. The molecule has 0 aromatic carbocycles. The Morgan fingerprint density at radius 1 is 1.14 bits per heavy atom. The summed E-state index contributed by atoms with van der Waals surface area (Å²) in [6.07, 6.45) is 0. The quantitative estimate of drug-likeness (QED) is 0.424. The maximum absolute atomic E-state index is 8.60. The van der Waals surface area contributed by atoms with E-state index in [1.807, 2.05) is 0 Å². The molecule has 0 amide bonds. The first-order valence-corrected chi connectivity index (χ1v) is 1.90. The largest absolute Gasteiger partial charge is 0.183 e. The van der Waals surface area contributed by atoms with Gasteiger partial charge in [-0.1, -0.05) is 0 Å². The number of halogens is 2. The van der Waals surface area contributed by atoms with Crippen molar-refractivity contribution in [1.29, 1.82) is 0 Å². The van der Waals surface area contributed by atoms with Gasteiger partial charge in [0.15, 0.2) is 0 Å². The van der Waals surface area contributed by atoms with Crippen molar-refractivity contribution in [2.45, 2.75) is 0 Å². The van der Waals surface area contributed by atoms with E-state index >= 15 is 0 Å². The van der Waals surface area contributed by atoms with Crippen LogP contribution in [0.5, 0.6) is 0 Å². The predicted molar refractivity (Wildman–Crippen MR) is 9.47 cm³/mol. The van der Waals surface area contributed by atoms with Crippen LogP contribution in [0.1, 0.15) is 0 Å². The maximum Gasteiger partial charge on any atom is 0.0777 e. The van der Waals surface area contributed by atoms with Crippen LogP contribution in [0.15, 0.2) is 0 Å². The SMILES string of the molecule is Cl.[Cr].[O-][Cl+3]([O-])([O-])O. The Morgan fingerprint density at radius 3 is 1.14 bits per heavy atom. The molecule has 4 nitrogen and oxygen atoms in total. The van der Waals surface area contributed by atoms with Gasteiger partial charge in [-0.3, -0.25) is 0 Å². The van der Waals surface area contributed by atoms with Crippen LogP contribution in [0.3, 0.4) is 0 Å². The summed E-state index contributed by atoms with van der Waals surface area (Å²) >= 11 is 0. The number of rotatable bonds is 0. The number of hydrogen-bond donors (Lipinski definition) is 1. The van der Waals surface area contributed by atoms with Gasteiger partial charge >= 0.3 is 0 Å². The van der Waals surface area contributed by atoms with Gasteiger partial charge in [-0.2, -0.15) is 14.0 Å². The summed E-state index contributed by atoms with van der Waals surface area (Å²) in [5.74, 6) is 0. The second-order valence-corrected chi connectivity index (χ2v) is 1.19. The molecule has 0 rings (SSSR count). The van der Waals surface area contributed by atoms with Gasteiger partial charge in [0.05, 0.1) is 14.9 Å². The summed E-state index contributed by atoms with van der Waals surface area (Å²) in [5, 5.41) is 0. The Morgan fingerprint density at radius 2 is 1.14 bits per heavy atom. The molecule has 7 heteroatoms. The Kier molecular flexibility index (Phi) is 11.4. The first kappa shape index (κ1) is 15.7. The van der Waals surface area contributed by atoms with Crippen molar-refractivity contribution < 1.29 is 46.2 Å². The van der Waals surface area contributed by atoms with Crippen molar-refractivity contribution >= 4 is 12.4 Å². The average Bonchev–Trinajstić information content (AvgIpc) is 0.722. The standard InChI is InChI=1S/ClHO4.ClH.Cr/c2-1(3,4)5;;/h(H,2,3,4,5);1H;. The average molecular weight is 189 g/mol. The fourth-order valence-electron chi connectivity index (χ4n) is 0.